The molecule has 0 unspecified atom stereocenters. The summed E-state index contributed by atoms with van der Waals surface area (Å²) < 4.78 is 1.06. The minimum atomic E-state index is 0.835. The molecule has 0 bridgehead atoms. The molecule has 104 valence electrons. The van der Waals surface area contributed by atoms with Gasteiger partial charge in [-0.15, -0.1) is 0 Å². The normalized spacial score (nSPS) is 14.2. The van der Waals surface area contributed by atoms with Crippen LogP contribution in [0.2, 0.25) is 0 Å². The number of aryl methyl sites for hydroxylation is 3. The molecule has 0 saturated carbocycles. The highest BCUT2D eigenvalue weighted by molar-refractivity contribution is 9.10. The molecule has 0 spiro atoms. The van der Waals surface area contributed by atoms with Crippen molar-refractivity contribution >= 4 is 33.0 Å². The van der Waals surface area contributed by atoms with Crippen LogP contribution in [0, 0.1) is 13.8 Å². The van der Waals surface area contributed by atoms with Crippen LogP contribution in [0.4, 0.5) is 17.1 Å². The first-order chi connectivity index (χ1) is 9.56. The van der Waals surface area contributed by atoms with Crippen molar-refractivity contribution in [1.82, 2.24) is 0 Å². The minimum absolute atomic E-state index is 0.835. The van der Waals surface area contributed by atoms with Crippen LogP contribution in [0.3, 0.4) is 0 Å². The van der Waals surface area contributed by atoms with Gasteiger partial charge in [0.2, 0.25) is 0 Å². The number of nitrogens with zero attached hydrogens (tertiary/aromatic N) is 1. The van der Waals surface area contributed by atoms with Crippen molar-refractivity contribution < 1.29 is 0 Å². The Kier molecular flexibility index (Phi) is 3.47. The molecule has 1 aliphatic rings. The maximum absolute atomic E-state index is 5.99. The lowest BCUT2D eigenvalue weighted by molar-refractivity contribution is 0.765. The first-order valence-electron chi connectivity index (χ1n) is 6.99. The Labute approximate surface area is 128 Å². The van der Waals surface area contributed by atoms with Crippen molar-refractivity contribution in [3.05, 3.63) is 51.5 Å². The highest BCUT2D eigenvalue weighted by atomic mass is 79.9. The van der Waals surface area contributed by atoms with E-state index in [0.717, 1.165) is 22.3 Å². The van der Waals surface area contributed by atoms with Crippen LogP contribution in [-0.2, 0) is 6.42 Å². The van der Waals surface area contributed by atoms with E-state index < -0.39 is 0 Å². The fourth-order valence-electron chi connectivity index (χ4n) is 2.86. The van der Waals surface area contributed by atoms with Crippen LogP contribution >= 0.6 is 15.9 Å². The number of hydrogen-bond acceptors (Lipinski definition) is 2. The Morgan fingerprint density at radius 1 is 1.10 bits per heavy atom. The molecule has 0 fully saturated rings. The molecule has 2 nitrogen and oxygen atoms in total. The third kappa shape index (κ3) is 2.31. The van der Waals surface area contributed by atoms with Crippen LogP contribution in [0.15, 0.2) is 34.8 Å². The number of halogens is 1. The predicted molar refractivity (Wildman–Crippen MR) is 89.8 cm³/mol. The zero-order valence-electron chi connectivity index (χ0n) is 11.9. The van der Waals surface area contributed by atoms with Gasteiger partial charge in [-0.1, -0.05) is 17.7 Å². The summed E-state index contributed by atoms with van der Waals surface area (Å²) in [5, 5.41) is 0. The molecule has 3 rings (SSSR count). The molecule has 2 aromatic rings. The zero-order chi connectivity index (χ0) is 14.3. The zero-order valence-corrected chi connectivity index (χ0v) is 13.5. The smallest absolute Gasteiger partial charge is 0.0559 e. The van der Waals surface area contributed by atoms with Crippen LogP contribution in [-0.4, -0.2) is 6.54 Å². The molecule has 0 aromatic heterocycles. The second-order valence-corrected chi connectivity index (χ2v) is 6.40. The summed E-state index contributed by atoms with van der Waals surface area (Å²) in [5.41, 5.74) is 13.3. The van der Waals surface area contributed by atoms with Gasteiger partial charge in [0.15, 0.2) is 0 Å². The summed E-state index contributed by atoms with van der Waals surface area (Å²) >= 11 is 3.66. The molecule has 1 heterocycles. The first-order valence-corrected chi connectivity index (χ1v) is 7.78. The Morgan fingerprint density at radius 3 is 2.70 bits per heavy atom. The molecule has 0 aliphatic carbocycles. The maximum atomic E-state index is 5.99. The van der Waals surface area contributed by atoms with Crippen LogP contribution < -0.4 is 10.6 Å². The van der Waals surface area contributed by atoms with E-state index in [9.17, 15) is 0 Å². The number of hydrogen-bond donors (Lipinski definition) is 1. The van der Waals surface area contributed by atoms with Crippen molar-refractivity contribution in [2.45, 2.75) is 26.7 Å². The number of fused-ring (bicyclic) bond motifs is 1. The van der Waals surface area contributed by atoms with E-state index in [0.29, 0.717) is 0 Å². The van der Waals surface area contributed by atoms with E-state index in [1.807, 2.05) is 6.07 Å². The second-order valence-electron chi connectivity index (χ2n) is 5.55. The molecule has 2 N–H and O–H groups in total. The summed E-state index contributed by atoms with van der Waals surface area (Å²) in [5.74, 6) is 0. The molecule has 0 saturated heterocycles. The fraction of sp³-hybridized carbons (Fsp3) is 0.294. The van der Waals surface area contributed by atoms with Gasteiger partial charge in [0, 0.05) is 22.4 Å². The van der Waals surface area contributed by atoms with Gasteiger partial charge in [0.05, 0.1) is 5.69 Å². The summed E-state index contributed by atoms with van der Waals surface area (Å²) in [4.78, 5) is 2.40. The van der Waals surface area contributed by atoms with Gasteiger partial charge in [0.25, 0.3) is 0 Å². The Morgan fingerprint density at radius 2 is 1.90 bits per heavy atom. The van der Waals surface area contributed by atoms with Crippen molar-refractivity contribution in [2.24, 2.45) is 0 Å². The van der Waals surface area contributed by atoms with E-state index in [2.05, 4.69) is 58.9 Å². The van der Waals surface area contributed by atoms with Gasteiger partial charge in [-0.05, 0) is 71.9 Å². The molecular formula is C17H19BrN2. The average Bonchev–Trinajstić information content (AvgIpc) is 2.42. The number of nitrogen functional groups attached to an aromatic ring is 1. The number of nitrogens with two attached hydrogens (primary N) is 1. The van der Waals surface area contributed by atoms with E-state index >= 15 is 0 Å². The number of anilines is 3. The highest BCUT2D eigenvalue weighted by Gasteiger charge is 2.20. The molecule has 0 radical (unpaired) electrons. The Balaban J connectivity index is 2.11. The van der Waals surface area contributed by atoms with Crippen molar-refractivity contribution in [3.63, 3.8) is 0 Å². The lowest BCUT2D eigenvalue weighted by Crippen LogP contribution is -2.25. The standard InChI is InChI=1S/C17H19BrN2/c1-11-5-6-16-13(8-11)4-3-7-20(16)17-9-12(2)15(19)10-14(17)18/h5-6,8-10H,3-4,7,19H2,1-2H3. The quantitative estimate of drug-likeness (QED) is 0.765. The molecule has 1 aliphatic heterocycles. The fourth-order valence-corrected chi connectivity index (χ4v) is 3.44. The SMILES string of the molecule is Cc1ccc2c(c1)CCCN2c1cc(C)c(N)cc1Br. The van der Waals surface area contributed by atoms with Gasteiger partial charge in [0.1, 0.15) is 0 Å². The molecule has 0 amide bonds. The third-order valence-corrected chi connectivity index (χ3v) is 4.62. The van der Waals surface area contributed by atoms with Crippen LogP contribution in [0.25, 0.3) is 0 Å². The van der Waals surface area contributed by atoms with Gasteiger partial charge < -0.3 is 10.6 Å². The largest absolute Gasteiger partial charge is 0.398 e. The molecule has 0 atom stereocenters. The van der Waals surface area contributed by atoms with E-state index in [-0.39, 0.29) is 0 Å². The summed E-state index contributed by atoms with van der Waals surface area (Å²) in [6, 6.07) is 10.9. The Hall–Kier alpha value is -1.48. The molecular weight excluding hydrogens is 312 g/mol. The van der Waals surface area contributed by atoms with E-state index in [4.69, 9.17) is 5.73 Å². The van der Waals surface area contributed by atoms with Gasteiger partial charge in [-0.2, -0.15) is 0 Å². The molecule has 20 heavy (non-hydrogen) atoms. The van der Waals surface area contributed by atoms with E-state index in [1.165, 1.54) is 35.3 Å². The highest BCUT2D eigenvalue weighted by Crippen LogP contribution is 2.39. The topological polar surface area (TPSA) is 29.3 Å². The van der Waals surface area contributed by atoms with Crippen molar-refractivity contribution in [3.8, 4) is 0 Å². The van der Waals surface area contributed by atoms with Gasteiger partial charge in [-0.25, -0.2) is 0 Å². The molecule has 2 aromatic carbocycles. The average molecular weight is 331 g/mol. The summed E-state index contributed by atoms with van der Waals surface area (Å²) in [6.45, 7) is 5.27. The monoisotopic (exact) mass is 330 g/mol. The maximum Gasteiger partial charge on any atom is 0.0559 e. The van der Waals surface area contributed by atoms with Crippen molar-refractivity contribution in [1.29, 1.82) is 0 Å². The first kappa shape index (κ1) is 13.5. The minimum Gasteiger partial charge on any atom is -0.398 e. The second kappa shape index (κ2) is 5.13. The van der Waals surface area contributed by atoms with Crippen LogP contribution in [0.5, 0.6) is 0 Å². The Bertz CT molecular complexity index is 664. The van der Waals surface area contributed by atoms with Gasteiger partial charge in [-0.3, -0.25) is 0 Å². The van der Waals surface area contributed by atoms with Gasteiger partial charge >= 0.3 is 0 Å². The summed E-state index contributed by atoms with van der Waals surface area (Å²) in [7, 11) is 0. The lowest BCUT2D eigenvalue weighted by Gasteiger charge is -2.32. The third-order valence-electron chi connectivity index (χ3n) is 3.98. The molecule has 3 heteroatoms. The van der Waals surface area contributed by atoms with Crippen molar-refractivity contribution in [2.75, 3.05) is 17.2 Å². The lowest BCUT2D eigenvalue weighted by atomic mass is 9.98. The summed E-state index contributed by atoms with van der Waals surface area (Å²) in [6.07, 6.45) is 2.35. The van der Waals surface area contributed by atoms with E-state index in [1.54, 1.807) is 0 Å². The number of benzene rings is 2. The predicted octanol–water partition coefficient (Wildman–Crippen LogP) is 4.73. The van der Waals surface area contributed by atoms with Crippen LogP contribution in [0.1, 0.15) is 23.1 Å². The number of rotatable bonds is 1.